The maximum absolute atomic E-state index is 6.25. The third kappa shape index (κ3) is 11.9. The molecule has 0 aliphatic rings. The number of rotatable bonds is 4. The molecule has 178 valence electrons. The van der Waals surface area contributed by atoms with Crippen molar-refractivity contribution >= 4 is 25.5 Å². The Balaban J connectivity index is 0. The Kier molecular flexibility index (Phi) is 14.5. The summed E-state index contributed by atoms with van der Waals surface area (Å²) >= 11 is 1.62. The van der Waals surface area contributed by atoms with Gasteiger partial charge < -0.3 is 11.1 Å². The van der Waals surface area contributed by atoms with Crippen molar-refractivity contribution in [2.75, 3.05) is 0 Å². The van der Waals surface area contributed by atoms with Crippen LogP contribution >= 0.6 is 25.5 Å². The standard InChI is InChI=1S/C23H43NP2.ClH.HN2.Ru.H/c1-20(2,3)25(21(4,5)6)16-18-14-13-15-19(24-18)17-26(22(7,8)9)23(10,11)12;;1-2;;/h13-15H,16-17H2,1-12H3;1H;1H;;/q;;-1;+1;/p+1. The van der Waals surface area contributed by atoms with Gasteiger partial charge in [-0.15, -0.1) is 0 Å². The van der Waals surface area contributed by atoms with Gasteiger partial charge in [-0.1, -0.05) is 6.07 Å². The van der Waals surface area contributed by atoms with Crippen molar-refractivity contribution in [3.63, 3.8) is 0 Å². The molecule has 0 amide bonds. The van der Waals surface area contributed by atoms with E-state index in [1.54, 1.807) is 17.3 Å². The smallest absolute Gasteiger partial charge is 0.443 e. The van der Waals surface area contributed by atoms with Crippen molar-refractivity contribution in [3.05, 3.63) is 35.1 Å². The van der Waals surface area contributed by atoms with E-state index in [9.17, 15) is 0 Å². The van der Waals surface area contributed by atoms with Crippen LogP contribution in [0.25, 0.3) is 5.53 Å². The third-order valence-electron chi connectivity index (χ3n) is 5.20. The number of pyridine rings is 1. The molecule has 0 aromatic carbocycles. The molecular formula is C23H47ClN3P2Ru+. The third-order valence-corrected chi connectivity index (χ3v) is 13.9. The van der Waals surface area contributed by atoms with E-state index in [1.165, 1.54) is 23.7 Å². The second-order valence-corrected chi connectivity index (χ2v) is 20.6. The van der Waals surface area contributed by atoms with Gasteiger partial charge in [0.25, 0.3) is 0 Å². The number of hydrogen-bond acceptors (Lipinski definition) is 2. The van der Waals surface area contributed by atoms with Crippen molar-refractivity contribution < 1.29 is 17.3 Å². The Morgan fingerprint density at radius 3 is 1.13 bits per heavy atom. The van der Waals surface area contributed by atoms with E-state index in [2.05, 4.69) is 111 Å². The molecule has 7 heteroatoms. The summed E-state index contributed by atoms with van der Waals surface area (Å²) in [6.07, 6.45) is 2.33. The van der Waals surface area contributed by atoms with Crippen molar-refractivity contribution in [1.82, 2.24) is 4.98 Å². The van der Waals surface area contributed by atoms with E-state index in [0.29, 0.717) is 20.6 Å². The van der Waals surface area contributed by atoms with E-state index < -0.39 is 15.8 Å². The van der Waals surface area contributed by atoms with Crippen LogP contribution in [0.3, 0.4) is 0 Å². The molecule has 0 spiro atoms. The van der Waals surface area contributed by atoms with Gasteiger partial charge in [-0.2, -0.15) is 0 Å². The van der Waals surface area contributed by atoms with E-state index >= 15 is 0 Å². The number of hydrogen-bond donors (Lipinski definition) is 1. The fraction of sp³-hybridized carbons (Fsp3) is 0.783. The van der Waals surface area contributed by atoms with Gasteiger partial charge >= 0.3 is 27.0 Å². The molecule has 0 bridgehead atoms. The van der Waals surface area contributed by atoms with Gasteiger partial charge in [0, 0.05) is 15.8 Å². The Morgan fingerprint density at radius 2 is 0.933 bits per heavy atom. The normalized spacial score (nSPS) is 12.8. The van der Waals surface area contributed by atoms with Crippen LogP contribution in [0.1, 0.15) is 94.5 Å². The molecule has 0 unspecified atom stereocenters. The van der Waals surface area contributed by atoms with Gasteiger partial charge in [0.1, 0.15) is 0 Å². The van der Waals surface area contributed by atoms with Crippen molar-refractivity contribution in [2.24, 2.45) is 0 Å². The Morgan fingerprint density at radius 1 is 0.700 bits per heavy atom. The summed E-state index contributed by atoms with van der Waals surface area (Å²) < 4.78 is 0. The largest absolute Gasteiger partial charge is 0.715 e. The van der Waals surface area contributed by atoms with Crippen LogP contribution in [0.5, 0.6) is 0 Å². The van der Waals surface area contributed by atoms with E-state index in [0.717, 1.165) is 0 Å². The summed E-state index contributed by atoms with van der Waals surface area (Å²) in [7, 11) is 3.44. The predicted octanol–water partition coefficient (Wildman–Crippen LogP) is 8.71. The molecule has 1 N–H and O–H groups in total. The summed E-state index contributed by atoms with van der Waals surface area (Å²) in [4.78, 5) is 5.16. The van der Waals surface area contributed by atoms with Gasteiger partial charge in [0.05, 0.1) is 44.3 Å². The Labute approximate surface area is 203 Å². The average molecular weight is 564 g/mol. The minimum atomic E-state index is -0.583. The van der Waals surface area contributed by atoms with Gasteiger partial charge in [-0.3, -0.25) is 4.98 Å². The second kappa shape index (κ2) is 13.3. The molecule has 0 aliphatic carbocycles. The summed E-state index contributed by atoms with van der Waals surface area (Å²) in [5.41, 5.74) is 13.6. The molecule has 1 aromatic rings. The van der Waals surface area contributed by atoms with Crippen LogP contribution in [-0.2, 0) is 29.6 Å². The minimum Gasteiger partial charge on any atom is -0.715 e. The van der Waals surface area contributed by atoms with Crippen molar-refractivity contribution in [2.45, 2.75) is 116 Å². The Bertz CT molecular complexity index is 537. The van der Waals surface area contributed by atoms with Gasteiger partial charge in [-0.25, -0.2) is 0 Å². The quantitative estimate of drug-likeness (QED) is 0.222. The fourth-order valence-electron chi connectivity index (χ4n) is 4.40. The van der Waals surface area contributed by atoms with Gasteiger partial charge in [0.2, 0.25) is 0 Å². The molecular weight excluding hydrogens is 517 g/mol. The first-order valence-electron chi connectivity index (χ1n) is 10.5. The maximum atomic E-state index is 6.25. The summed E-state index contributed by atoms with van der Waals surface area (Å²) in [5, 5.41) is 1.53. The van der Waals surface area contributed by atoms with E-state index in [1.807, 2.05) is 0 Å². The molecule has 1 rings (SSSR count). The van der Waals surface area contributed by atoms with E-state index in [-0.39, 0.29) is 0 Å². The fourth-order valence-corrected chi connectivity index (χ4v) is 12.1. The molecule has 1 heterocycles. The molecule has 0 radical (unpaired) electrons. The maximum Gasteiger partial charge on any atom is -0.443 e. The minimum absolute atomic E-state index is 0.381. The van der Waals surface area contributed by atoms with Crippen LogP contribution in [0.4, 0.5) is 0 Å². The van der Waals surface area contributed by atoms with Crippen LogP contribution in [0.2, 0.25) is 0 Å². The first-order chi connectivity index (χ1) is 13.4. The molecule has 0 aliphatic heterocycles. The van der Waals surface area contributed by atoms with Crippen LogP contribution in [0.15, 0.2) is 18.2 Å². The summed E-state index contributed by atoms with van der Waals surface area (Å²) in [6, 6.07) is 6.76. The van der Waals surface area contributed by atoms with Crippen LogP contribution < -0.4 is 0 Å². The molecule has 3 nitrogen and oxygen atoms in total. The van der Waals surface area contributed by atoms with Crippen LogP contribution in [-0.4, -0.2) is 25.6 Å². The molecule has 0 saturated carbocycles. The topological polar surface area (TPSA) is 59.0 Å². The van der Waals surface area contributed by atoms with Gasteiger partial charge in [-0.05, 0) is 95.2 Å². The molecule has 1 aromatic heterocycles. The average Bonchev–Trinajstić information content (AvgIpc) is 2.58. The summed E-state index contributed by atoms with van der Waals surface area (Å²) in [6.45, 7) is 29.0. The molecule has 0 fully saturated rings. The first-order valence-corrected chi connectivity index (χ1v) is 16.3. The van der Waals surface area contributed by atoms with Crippen molar-refractivity contribution in [1.29, 1.82) is 5.53 Å². The zero-order valence-electron chi connectivity index (χ0n) is 21.3. The number of nitrogens with one attached hydrogen (secondary N) is 1. The number of halogens is 1. The number of aromatic nitrogens is 1. The van der Waals surface area contributed by atoms with E-state index in [4.69, 9.17) is 16.0 Å². The Hall–Kier alpha value is 0.523. The molecule has 30 heavy (non-hydrogen) atoms. The second-order valence-electron chi connectivity index (χ2n) is 11.9. The summed E-state index contributed by atoms with van der Waals surface area (Å²) in [5.74, 6) is 0. The monoisotopic (exact) mass is 564 g/mol. The number of nitrogens with zero attached hydrogens (tertiary/aromatic N) is 2. The SMILES string of the molecule is CC(C)(C)[PH+](Cc1cccc(C[PH+](C(C)(C)C)C(C)(C)C)n1)C(C)(C)C.[Cl][RuH].[N-]=N. The van der Waals surface area contributed by atoms with Crippen LogP contribution in [0, 0.1) is 5.53 Å². The zero-order valence-corrected chi connectivity index (χ0v) is 25.9. The predicted molar refractivity (Wildman–Crippen MR) is 141 cm³/mol. The molecule has 0 saturated heterocycles. The van der Waals surface area contributed by atoms with Gasteiger partial charge in [0.15, 0.2) is 0 Å². The zero-order chi connectivity index (χ0) is 24.6. The first kappa shape index (κ1) is 32.7. The molecule has 0 atom stereocenters. The van der Waals surface area contributed by atoms with Crippen molar-refractivity contribution in [3.8, 4) is 0 Å².